The van der Waals surface area contributed by atoms with E-state index in [0.29, 0.717) is 10.7 Å². The number of rotatable bonds is 1. The Bertz CT molecular complexity index is 413. The lowest BCUT2D eigenvalue weighted by Gasteiger charge is -2.33. The molecule has 5 heteroatoms. The molecule has 1 aromatic heterocycles. The summed E-state index contributed by atoms with van der Waals surface area (Å²) >= 11 is 8.65. The average molecular weight is 381 g/mol. The maximum Gasteiger partial charge on any atom is 0.264 e. The van der Waals surface area contributed by atoms with Crippen LogP contribution in [0.15, 0.2) is 9.85 Å². The fraction of sp³-hybridized carbons (Fsp3) is 0.583. The van der Waals surface area contributed by atoms with Crippen LogP contribution in [0.2, 0.25) is 0 Å². The molecule has 1 aliphatic rings. The normalized spacial score (nSPS) is 25.1. The van der Waals surface area contributed by atoms with Gasteiger partial charge in [0.15, 0.2) is 0 Å². The van der Waals surface area contributed by atoms with E-state index in [1.54, 1.807) is 0 Å². The van der Waals surface area contributed by atoms with Crippen LogP contribution in [0.4, 0.5) is 0 Å². The number of alkyl halides is 1. The number of aryl methyl sites for hydroxylation is 1. The van der Waals surface area contributed by atoms with Gasteiger partial charge in [0.05, 0.1) is 8.66 Å². The number of nitrogens with zero attached hydrogens (tertiary/aromatic N) is 1. The number of hydrogen-bond acceptors (Lipinski definition) is 2. The lowest BCUT2D eigenvalue weighted by Crippen LogP contribution is -2.43. The molecular formula is C12H15Br2NOS. The van der Waals surface area contributed by atoms with Gasteiger partial charge in [-0.3, -0.25) is 4.79 Å². The third-order valence-electron chi connectivity index (χ3n) is 3.22. The molecular weight excluding hydrogens is 366 g/mol. The first kappa shape index (κ1) is 13.6. The van der Waals surface area contributed by atoms with Crippen LogP contribution in [0.1, 0.15) is 28.6 Å². The van der Waals surface area contributed by atoms with Crippen molar-refractivity contribution in [3.8, 4) is 0 Å². The van der Waals surface area contributed by atoms with Crippen LogP contribution < -0.4 is 0 Å². The van der Waals surface area contributed by atoms with E-state index < -0.39 is 0 Å². The second-order valence-corrected chi connectivity index (χ2v) is 8.15. The molecule has 1 aliphatic heterocycles. The molecule has 0 saturated carbocycles. The predicted molar refractivity (Wildman–Crippen MR) is 79.2 cm³/mol. The number of carbonyl (C=O) groups excluding carboxylic acids is 1. The highest BCUT2D eigenvalue weighted by Crippen LogP contribution is 2.30. The Hall–Kier alpha value is 0.130. The summed E-state index contributed by atoms with van der Waals surface area (Å²) < 4.78 is 1.06. The van der Waals surface area contributed by atoms with Crippen molar-refractivity contribution in [2.75, 3.05) is 13.1 Å². The summed E-state index contributed by atoms with van der Waals surface area (Å²) in [4.78, 5) is 15.5. The largest absolute Gasteiger partial charge is 0.337 e. The Balaban J connectivity index is 2.10. The zero-order valence-corrected chi connectivity index (χ0v) is 13.9. The first-order valence-electron chi connectivity index (χ1n) is 5.68. The number of amides is 1. The molecule has 1 fully saturated rings. The van der Waals surface area contributed by atoms with Crippen LogP contribution in [-0.2, 0) is 0 Å². The van der Waals surface area contributed by atoms with Crippen molar-refractivity contribution in [2.45, 2.75) is 25.1 Å². The van der Waals surface area contributed by atoms with E-state index in [1.807, 2.05) is 17.9 Å². The third-order valence-corrected chi connectivity index (χ3v) is 6.54. The predicted octanol–water partition coefficient (Wildman–Crippen LogP) is 4.06. The van der Waals surface area contributed by atoms with E-state index in [2.05, 4.69) is 38.8 Å². The van der Waals surface area contributed by atoms with E-state index in [4.69, 9.17) is 0 Å². The van der Waals surface area contributed by atoms with Crippen molar-refractivity contribution in [2.24, 2.45) is 5.92 Å². The van der Waals surface area contributed by atoms with Crippen LogP contribution in [0.25, 0.3) is 0 Å². The summed E-state index contributed by atoms with van der Waals surface area (Å²) in [6.45, 7) is 5.93. The van der Waals surface area contributed by atoms with Crippen molar-refractivity contribution in [1.82, 2.24) is 4.90 Å². The van der Waals surface area contributed by atoms with Crippen molar-refractivity contribution < 1.29 is 4.79 Å². The molecule has 0 bridgehead atoms. The van der Waals surface area contributed by atoms with Crippen LogP contribution in [0, 0.1) is 12.8 Å². The number of halogens is 2. The number of piperidine rings is 1. The summed E-state index contributed by atoms with van der Waals surface area (Å²) in [6.07, 6.45) is 1.08. The highest BCUT2D eigenvalue weighted by Gasteiger charge is 2.28. The fourth-order valence-corrected chi connectivity index (χ4v) is 4.04. The minimum absolute atomic E-state index is 0.167. The third kappa shape index (κ3) is 2.93. The lowest BCUT2D eigenvalue weighted by molar-refractivity contribution is 0.0711. The van der Waals surface area contributed by atoms with Crippen molar-refractivity contribution >= 4 is 49.1 Å². The molecule has 0 spiro atoms. The molecule has 2 heterocycles. The molecule has 1 aromatic rings. The smallest absolute Gasteiger partial charge is 0.264 e. The molecule has 0 N–H and O–H groups in total. The summed E-state index contributed by atoms with van der Waals surface area (Å²) in [5.41, 5.74) is 1.14. The van der Waals surface area contributed by atoms with Gasteiger partial charge in [-0.05, 0) is 46.8 Å². The molecule has 2 rings (SSSR count). The van der Waals surface area contributed by atoms with Crippen LogP contribution in [0.3, 0.4) is 0 Å². The van der Waals surface area contributed by atoms with Crippen molar-refractivity contribution in [3.63, 3.8) is 0 Å². The molecule has 1 amide bonds. The zero-order chi connectivity index (χ0) is 12.6. The standard InChI is InChI=1S/C12H15Br2NOS/c1-7-3-4-15(6-9(7)13)12(16)10-5-8(2)11(14)17-10/h5,7,9H,3-4,6H2,1-2H3. The monoisotopic (exact) mass is 379 g/mol. The van der Waals surface area contributed by atoms with Crippen LogP contribution in [0.5, 0.6) is 0 Å². The van der Waals surface area contributed by atoms with Gasteiger partial charge >= 0.3 is 0 Å². The minimum Gasteiger partial charge on any atom is -0.337 e. The van der Waals surface area contributed by atoms with Gasteiger partial charge in [0, 0.05) is 17.9 Å². The van der Waals surface area contributed by atoms with Gasteiger partial charge in [-0.1, -0.05) is 22.9 Å². The van der Waals surface area contributed by atoms with E-state index in [-0.39, 0.29) is 5.91 Å². The Morgan fingerprint density at radius 3 is 2.82 bits per heavy atom. The summed E-state index contributed by atoms with van der Waals surface area (Å²) in [7, 11) is 0. The number of hydrogen-bond donors (Lipinski definition) is 0. The highest BCUT2D eigenvalue weighted by atomic mass is 79.9. The van der Waals surface area contributed by atoms with Gasteiger partial charge in [0.2, 0.25) is 0 Å². The van der Waals surface area contributed by atoms with Crippen molar-refractivity contribution in [1.29, 1.82) is 0 Å². The number of thiophene rings is 1. The van der Waals surface area contributed by atoms with E-state index in [1.165, 1.54) is 11.3 Å². The Morgan fingerprint density at radius 1 is 1.59 bits per heavy atom. The van der Waals surface area contributed by atoms with E-state index in [9.17, 15) is 4.79 Å². The number of carbonyl (C=O) groups is 1. The second-order valence-electron chi connectivity index (χ2n) is 4.60. The number of likely N-dealkylation sites (tertiary alicyclic amines) is 1. The minimum atomic E-state index is 0.167. The summed E-state index contributed by atoms with van der Waals surface area (Å²) in [6, 6.07) is 1.97. The van der Waals surface area contributed by atoms with Gasteiger partial charge in [0.1, 0.15) is 0 Å². The van der Waals surface area contributed by atoms with E-state index >= 15 is 0 Å². The Labute approximate surface area is 123 Å². The molecule has 0 aliphatic carbocycles. The first-order chi connectivity index (χ1) is 7.99. The van der Waals surface area contributed by atoms with E-state index in [0.717, 1.165) is 33.7 Å². The second kappa shape index (κ2) is 5.41. The van der Waals surface area contributed by atoms with Crippen LogP contribution >= 0.6 is 43.2 Å². The maximum absolute atomic E-state index is 12.3. The fourth-order valence-electron chi connectivity index (χ4n) is 1.93. The van der Waals surface area contributed by atoms with Gasteiger partial charge in [-0.15, -0.1) is 11.3 Å². The lowest BCUT2D eigenvalue weighted by atomic mass is 9.99. The van der Waals surface area contributed by atoms with Crippen molar-refractivity contribution in [3.05, 3.63) is 20.3 Å². The Morgan fingerprint density at radius 2 is 2.29 bits per heavy atom. The summed E-state index contributed by atoms with van der Waals surface area (Å²) in [5, 5.41) is 0. The van der Waals surface area contributed by atoms with Gasteiger partial charge in [0.25, 0.3) is 5.91 Å². The SMILES string of the molecule is Cc1cc(C(=O)N2CCC(C)C(Br)C2)sc1Br. The van der Waals surface area contributed by atoms with Gasteiger partial charge in [-0.2, -0.15) is 0 Å². The molecule has 17 heavy (non-hydrogen) atoms. The molecule has 2 atom stereocenters. The molecule has 94 valence electrons. The zero-order valence-electron chi connectivity index (χ0n) is 9.87. The Kier molecular flexibility index (Phi) is 4.31. The van der Waals surface area contributed by atoms with Gasteiger partial charge < -0.3 is 4.90 Å². The molecule has 1 saturated heterocycles. The molecule has 2 nitrogen and oxygen atoms in total. The van der Waals surface area contributed by atoms with Gasteiger partial charge in [-0.25, -0.2) is 0 Å². The molecule has 0 aromatic carbocycles. The average Bonchev–Trinajstić information content (AvgIpc) is 2.62. The first-order valence-corrected chi connectivity index (χ1v) is 8.21. The molecule has 2 unspecified atom stereocenters. The summed E-state index contributed by atoms with van der Waals surface area (Å²) in [5.74, 6) is 0.816. The molecule has 0 radical (unpaired) electrons. The maximum atomic E-state index is 12.3. The quantitative estimate of drug-likeness (QED) is 0.672. The highest BCUT2D eigenvalue weighted by molar-refractivity contribution is 9.11. The topological polar surface area (TPSA) is 20.3 Å². The van der Waals surface area contributed by atoms with Crippen LogP contribution in [-0.4, -0.2) is 28.7 Å².